The van der Waals surface area contributed by atoms with Gasteiger partial charge in [0.05, 0.1) is 11.5 Å². The van der Waals surface area contributed by atoms with E-state index in [4.69, 9.17) is 9.52 Å². The summed E-state index contributed by atoms with van der Waals surface area (Å²) in [7, 11) is 0. The molecule has 0 unspecified atom stereocenters. The molecular formula is C17H19N3O4. The summed E-state index contributed by atoms with van der Waals surface area (Å²) in [6, 6.07) is 5.94. The number of nitrogens with zero attached hydrogens (tertiary/aromatic N) is 3. The summed E-state index contributed by atoms with van der Waals surface area (Å²) in [5, 5.41) is 16.9. The summed E-state index contributed by atoms with van der Waals surface area (Å²) < 4.78 is 5.54. The van der Waals surface area contributed by atoms with Crippen molar-refractivity contribution >= 4 is 11.9 Å². The SMILES string of the molecule is Cc1nnc([C@@H]2CCCN(C(=O)c3ccc(C(=O)O)cc3)[C@@H]2C)o1. The fraction of sp³-hybridized carbons (Fsp3) is 0.412. The molecule has 3 rings (SSSR count). The number of benzene rings is 1. The van der Waals surface area contributed by atoms with Crippen molar-refractivity contribution < 1.29 is 19.1 Å². The van der Waals surface area contributed by atoms with Gasteiger partial charge in [-0.05, 0) is 44.0 Å². The van der Waals surface area contributed by atoms with E-state index >= 15 is 0 Å². The van der Waals surface area contributed by atoms with Crippen LogP contribution in [0.2, 0.25) is 0 Å². The van der Waals surface area contributed by atoms with Crippen molar-refractivity contribution in [3.63, 3.8) is 0 Å². The number of aromatic carboxylic acids is 1. The average Bonchev–Trinajstić information content (AvgIpc) is 3.01. The molecule has 1 N–H and O–H groups in total. The standard InChI is InChI=1S/C17H19N3O4/c1-10-14(15-19-18-11(2)24-15)4-3-9-20(10)16(21)12-5-7-13(8-6-12)17(22)23/h5-8,10,14H,3-4,9H2,1-2H3,(H,22,23)/t10-,14-/m1/s1. The number of likely N-dealkylation sites (tertiary alicyclic amines) is 1. The van der Waals surface area contributed by atoms with Crippen molar-refractivity contribution in [3.8, 4) is 0 Å². The molecule has 0 saturated carbocycles. The monoisotopic (exact) mass is 329 g/mol. The Bertz CT molecular complexity index is 753. The van der Waals surface area contributed by atoms with Crippen LogP contribution in [0.4, 0.5) is 0 Å². The van der Waals surface area contributed by atoms with Crippen molar-refractivity contribution in [1.82, 2.24) is 15.1 Å². The topological polar surface area (TPSA) is 96.5 Å². The Balaban J connectivity index is 1.80. The smallest absolute Gasteiger partial charge is 0.335 e. The Labute approximate surface area is 139 Å². The maximum atomic E-state index is 12.8. The van der Waals surface area contributed by atoms with E-state index in [1.54, 1.807) is 24.0 Å². The Morgan fingerprint density at radius 2 is 1.88 bits per heavy atom. The Hall–Kier alpha value is -2.70. The number of aryl methyl sites for hydroxylation is 1. The Morgan fingerprint density at radius 3 is 2.46 bits per heavy atom. The van der Waals surface area contributed by atoms with Gasteiger partial charge in [0.1, 0.15) is 0 Å². The van der Waals surface area contributed by atoms with Crippen molar-refractivity contribution in [1.29, 1.82) is 0 Å². The first-order valence-electron chi connectivity index (χ1n) is 7.91. The second-order valence-electron chi connectivity index (χ2n) is 6.03. The quantitative estimate of drug-likeness (QED) is 0.929. The minimum absolute atomic E-state index is 0.0159. The fourth-order valence-electron chi connectivity index (χ4n) is 3.14. The zero-order chi connectivity index (χ0) is 17.3. The van der Waals surface area contributed by atoms with Crippen LogP contribution >= 0.6 is 0 Å². The summed E-state index contributed by atoms with van der Waals surface area (Å²) in [6.07, 6.45) is 1.75. The molecule has 2 aromatic rings. The molecule has 0 bridgehead atoms. The van der Waals surface area contributed by atoms with E-state index in [2.05, 4.69) is 10.2 Å². The number of carbonyl (C=O) groups is 2. The fourth-order valence-corrected chi connectivity index (χ4v) is 3.14. The zero-order valence-electron chi connectivity index (χ0n) is 13.6. The number of amides is 1. The first-order valence-corrected chi connectivity index (χ1v) is 7.91. The van der Waals surface area contributed by atoms with Gasteiger partial charge in [0.2, 0.25) is 11.8 Å². The Morgan fingerprint density at radius 1 is 1.21 bits per heavy atom. The molecule has 1 aliphatic rings. The van der Waals surface area contributed by atoms with E-state index in [1.165, 1.54) is 12.1 Å². The number of carboxylic acid groups (broad SMARTS) is 1. The highest BCUT2D eigenvalue weighted by Gasteiger charge is 2.35. The van der Waals surface area contributed by atoms with Crippen molar-refractivity contribution in [3.05, 3.63) is 47.2 Å². The number of carbonyl (C=O) groups excluding carboxylic acids is 1. The van der Waals surface area contributed by atoms with E-state index < -0.39 is 5.97 Å². The van der Waals surface area contributed by atoms with Gasteiger partial charge in [-0.1, -0.05) is 0 Å². The third-order valence-corrected chi connectivity index (χ3v) is 4.49. The van der Waals surface area contributed by atoms with E-state index in [0.29, 0.717) is 23.9 Å². The molecule has 2 atom stereocenters. The van der Waals surface area contributed by atoms with Gasteiger partial charge in [0.15, 0.2) is 0 Å². The van der Waals surface area contributed by atoms with Crippen LogP contribution in [-0.4, -0.2) is 44.7 Å². The summed E-state index contributed by atoms with van der Waals surface area (Å²) >= 11 is 0. The summed E-state index contributed by atoms with van der Waals surface area (Å²) in [4.78, 5) is 25.5. The highest BCUT2D eigenvalue weighted by Crippen LogP contribution is 2.32. The summed E-state index contributed by atoms with van der Waals surface area (Å²) in [6.45, 7) is 4.38. The van der Waals surface area contributed by atoms with Gasteiger partial charge in [-0.3, -0.25) is 4.79 Å². The van der Waals surface area contributed by atoms with Gasteiger partial charge >= 0.3 is 5.97 Å². The van der Waals surface area contributed by atoms with Gasteiger partial charge in [-0.25, -0.2) is 4.79 Å². The molecule has 1 saturated heterocycles. The van der Waals surface area contributed by atoms with Crippen molar-refractivity contribution in [2.75, 3.05) is 6.54 Å². The van der Waals surface area contributed by atoms with Crippen LogP contribution in [0, 0.1) is 6.92 Å². The van der Waals surface area contributed by atoms with E-state index in [0.717, 1.165) is 12.8 Å². The molecular weight excluding hydrogens is 310 g/mol. The number of aromatic nitrogens is 2. The maximum Gasteiger partial charge on any atom is 0.335 e. The van der Waals surface area contributed by atoms with Crippen molar-refractivity contribution in [2.45, 2.75) is 38.6 Å². The van der Waals surface area contributed by atoms with Gasteiger partial charge in [0.25, 0.3) is 5.91 Å². The van der Waals surface area contributed by atoms with Crippen LogP contribution in [0.25, 0.3) is 0 Å². The lowest BCUT2D eigenvalue weighted by Crippen LogP contribution is -2.46. The minimum Gasteiger partial charge on any atom is -0.478 e. The van der Waals surface area contributed by atoms with Gasteiger partial charge in [-0.2, -0.15) is 0 Å². The molecule has 24 heavy (non-hydrogen) atoms. The second kappa shape index (κ2) is 6.43. The molecule has 1 aromatic carbocycles. The van der Waals surface area contributed by atoms with Crippen LogP contribution < -0.4 is 0 Å². The molecule has 2 heterocycles. The third-order valence-electron chi connectivity index (χ3n) is 4.49. The normalized spacial score (nSPS) is 20.8. The number of rotatable bonds is 3. The average molecular weight is 329 g/mol. The van der Waals surface area contributed by atoms with Crippen LogP contribution in [0.15, 0.2) is 28.7 Å². The molecule has 7 nitrogen and oxygen atoms in total. The lowest BCUT2D eigenvalue weighted by molar-refractivity contribution is 0.0581. The minimum atomic E-state index is -1.01. The molecule has 1 amide bonds. The number of carboxylic acids is 1. The first-order chi connectivity index (χ1) is 11.5. The molecule has 0 aliphatic carbocycles. The predicted molar refractivity (Wildman–Crippen MR) is 84.9 cm³/mol. The molecule has 1 aliphatic heterocycles. The summed E-state index contributed by atoms with van der Waals surface area (Å²) in [5.74, 6) is -0.0154. The highest BCUT2D eigenvalue weighted by atomic mass is 16.4. The van der Waals surface area contributed by atoms with E-state index in [9.17, 15) is 9.59 Å². The van der Waals surface area contributed by atoms with Crippen LogP contribution in [-0.2, 0) is 0 Å². The molecule has 126 valence electrons. The lowest BCUT2D eigenvalue weighted by atomic mass is 9.89. The third kappa shape index (κ3) is 3.02. The zero-order valence-corrected chi connectivity index (χ0v) is 13.6. The van der Waals surface area contributed by atoms with Gasteiger partial charge in [-0.15, -0.1) is 10.2 Å². The molecule has 0 radical (unpaired) electrons. The number of hydrogen-bond donors (Lipinski definition) is 1. The maximum absolute atomic E-state index is 12.8. The first kappa shape index (κ1) is 16.2. The predicted octanol–water partition coefficient (Wildman–Crippen LogP) is 2.48. The Kier molecular flexibility index (Phi) is 4.33. The lowest BCUT2D eigenvalue weighted by Gasteiger charge is -2.38. The largest absolute Gasteiger partial charge is 0.478 e. The van der Waals surface area contributed by atoms with Gasteiger partial charge in [0, 0.05) is 25.1 Å². The number of piperidine rings is 1. The molecule has 7 heteroatoms. The van der Waals surface area contributed by atoms with E-state index in [-0.39, 0.29) is 23.4 Å². The molecule has 1 aromatic heterocycles. The second-order valence-corrected chi connectivity index (χ2v) is 6.03. The number of hydrogen-bond acceptors (Lipinski definition) is 5. The molecule has 0 spiro atoms. The highest BCUT2D eigenvalue weighted by molar-refractivity contribution is 5.96. The van der Waals surface area contributed by atoms with E-state index in [1.807, 2.05) is 6.92 Å². The molecule has 1 fully saturated rings. The van der Waals surface area contributed by atoms with Gasteiger partial charge < -0.3 is 14.4 Å². The van der Waals surface area contributed by atoms with Crippen molar-refractivity contribution in [2.24, 2.45) is 0 Å². The van der Waals surface area contributed by atoms with Crippen LogP contribution in [0.5, 0.6) is 0 Å². The van der Waals surface area contributed by atoms with Crippen LogP contribution in [0.3, 0.4) is 0 Å². The summed E-state index contributed by atoms with van der Waals surface area (Å²) in [5.41, 5.74) is 0.645. The van der Waals surface area contributed by atoms with Crippen LogP contribution in [0.1, 0.15) is 58.2 Å².